The number of rotatable bonds is 6. The molecule has 8 heteroatoms. The highest BCUT2D eigenvalue weighted by Crippen LogP contribution is 2.31. The van der Waals surface area contributed by atoms with Crippen molar-refractivity contribution < 1.29 is 9.53 Å². The number of ether oxygens (including phenoxy) is 1. The number of carbonyl (C=O) groups is 1. The maximum Gasteiger partial charge on any atom is 0.275 e. The molecule has 0 spiro atoms. The number of carbonyl (C=O) groups excluding carboxylic acids is 1. The number of nitrogens with one attached hydrogen (secondary N) is 1. The molecule has 30 heavy (non-hydrogen) atoms. The minimum atomic E-state index is -0.268. The number of aromatic nitrogens is 2. The summed E-state index contributed by atoms with van der Waals surface area (Å²) in [5.74, 6) is 0.258. The van der Waals surface area contributed by atoms with Crippen LogP contribution >= 0.6 is 15.9 Å². The van der Waals surface area contributed by atoms with Crippen molar-refractivity contribution in [2.24, 2.45) is 0 Å². The lowest BCUT2D eigenvalue weighted by Gasteiger charge is -2.42. The average Bonchev–Trinajstić information content (AvgIpc) is 3.48. The second-order valence-electron chi connectivity index (χ2n) is 8.76. The zero-order valence-electron chi connectivity index (χ0n) is 17.0. The lowest BCUT2D eigenvalue weighted by atomic mass is 9.89. The van der Waals surface area contributed by atoms with Gasteiger partial charge < -0.3 is 10.1 Å². The third-order valence-corrected chi connectivity index (χ3v) is 6.89. The average molecular weight is 475 g/mol. The summed E-state index contributed by atoms with van der Waals surface area (Å²) in [5, 5.41) is 8.74. The Morgan fingerprint density at radius 1 is 1.17 bits per heavy atom. The molecular formula is C22H27BrN4O3. The lowest BCUT2D eigenvalue weighted by Crippen LogP contribution is -2.53. The Labute approximate surface area is 183 Å². The Morgan fingerprint density at radius 3 is 2.73 bits per heavy atom. The molecular weight excluding hydrogens is 448 g/mol. The molecule has 160 valence electrons. The molecule has 1 amide bonds. The van der Waals surface area contributed by atoms with E-state index in [2.05, 4.69) is 31.2 Å². The van der Waals surface area contributed by atoms with Crippen molar-refractivity contribution in [3.63, 3.8) is 0 Å². The number of amides is 1. The molecule has 2 aliphatic carbocycles. The summed E-state index contributed by atoms with van der Waals surface area (Å²) < 4.78 is 8.06. The van der Waals surface area contributed by atoms with Crippen molar-refractivity contribution in [3.05, 3.63) is 33.0 Å². The van der Waals surface area contributed by atoms with Gasteiger partial charge in [-0.1, -0.05) is 22.4 Å². The number of nitrogens with zero attached hydrogens (tertiary/aromatic N) is 3. The molecule has 0 radical (unpaired) electrons. The minimum absolute atomic E-state index is 0.0915. The largest absolute Gasteiger partial charge is 0.473 e. The molecule has 7 nitrogen and oxygen atoms in total. The van der Waals surface area contributed by atoms with Crippen LogP contribution in [0.3, 0.4) is 0 Å². The quantitative estimate of drug-likeness (QED) is 0.696. The van der Waals surface area contributed by atoms with Crippen LogP contribution in [-0.2, 0) is 11.3 Å². The number of likely N-dealkylation sites (tertiary alicyclic amines) is 1. The van der Waals surface area contributed by atoms with E-state index in [0.717, 1.165) is 43.2 Å². The normalized spacial score (nSPS) is 22.6. The van der Waals surface area contributed by atoms with E-state index in [9.17, 15) is 9.59 Å². The van der Waals surface area contributed by atoms with Gasteiger partial charge in [-0.15, -0.1) is 5.10 Å². The molecule has 5 rings (SSSR count). The molecule has 2 heterocycles. The minimum Gasteiger partial charge on any atom is -0.473 e. The van der Waals surface area contributed by atoms with Crippen molar-refractivity contribution >= 4 is 32.6 Å². The zero-order chi connectivity index (χ0) is 20.7. The van der Waals surface area contributed by atoms with Crippen LogP contribution in [0.15, 0.2) is 27.5 Å². The van der Waals surface area contributed by atoms with E-state index < -0.39 is 0 Å². The maximum atomic E-state index is 13.0. The molecule has 1 saturated heterocycles. The van der Waals surface area contributed by atoms with Crippen LogP contribution < -0.4 is 15.6 Å². The summed E-state index contributed by atoms with van der Waals surface area (Å²) >= 11 is 3.45. The standard InChI is InChI=1S/C22H27BrN4O3/c23-14-6-9-18-19(11-14)21(30-17-7-8-17)25-27(22(18)29)13-20(28)24-15-3-2-10-26(12-15)16-4-1-5-16/h6,9,11,15-17H,1-5,7-8,10,12-13H2,(H,24,28)/t15-/m1/s1. The van der Waals surface area contributed by atoms with E-state index in [0.29, 0.717) is 22.7 Å². The van der Waals surface area contributed by atoms with Gasteiger partial charge in [0.1, 0.15) is 12.6 Å². The molecule has 2 saturated carbocycles. The van der Waals surface area contributed by atoms with Crippen molar-refractivity contribution in [1.29, 1.82) is 0 Å². The van der Waals surface area contributed by atoms with E-state index in [1.54, 1.807) is 6.07 Å². The molecule has 1 aromatic carbocycles. The van der Waals surface area contributed by atoms with E-state index in [4.69, 9.17) is 4.74 Å². The predicted molar refractivity (Wildman–Crippen MR) is 118 cm³/mol. The van der Waals surface area contributed by atoms with Gasteiger partial charge in [-0.05, 0) is 63.3 Å². The highest BCUT2D eigenvalue weighted by Gasteiger charge is 2.30. The van der Waals surface area contributed by atoms with Gasteiger partial charge in [-0.25, -0.2) is 4.68 Å². The smallest absolute Gasteiger partial charge is 0.275 e. The van der Waals surface area contributed by atoms with Crippen LogP contribution in [0.5, 0.6) is 5.88 Å². The fraction of sp³-hybridized carbons (Fsp3) is 0.591. The van der Waals surface area contributed by atoms with Crippen LogP contribution in [0, 0.1) is 0 Å². The first-order valence-corrected chi connectivity index (χ1v) is 11.8. The fourth-order valence-corrected chi connectivity index (χ4v) is 4.74. The van der Waals surface area contributed by atoms with E-state index in [-0.39, 0.29) is 30.2 Å². The summed E-state index contributed by atoms with van der Waals surface area (Å²) in [7, 11) is 0. The van der Waals surface area contributed by atoms with E-state index in [1.807, 2.05) is 12.1 Å². The topological polar surface area (TPSA) is 76.5 Å². The van der Waals surface area contributed by atoms with Gasteiger partial charge in [0.2, 0.25) is 11.8 Å². The summed E-state index contributed by atoms with van der Waals surface area (Å²) in [6.07, 6.45) is 8.10. The first-order chi connectivity index (χ1) is 14.6. The van der Waals surface area contributed by atoms with Crippen molar-refractivity contribution in [2.75, 3.05) is 13.1 Å². The Kier molecular flexibility index (Phi) is 5.54. The monoisotopic (exact) mass is 474 g/mol. The third-order valence-electron chi connectivity index (χ3n) is 6.39. The molecule has 1 aliphatic heterocycles. The van der Waals surface area contributed by atoms with Gasteiger partial charge in [0.15, 0.2) is 0 Å². The van der Waals surface area contributed by atoms with Gasteiger partial charge in [0.05, 0.1) is 10.8 Å². The van der Waals surface area contributed by atoms with Gasteiger partial charge in [-0.2, -0.15) is 0 Å². The predicted octanol–water partition coefficient (Wildman–Crippen LogP) is 2.83. The number of hydrogen-bond acceptors (Lipinski definition) is 5. The van der Waals surface area contributed by atoms with E-state index in [1.165, 1.54) is 23.9 Å². The number of piperidine rings is 1. The van der Waals surface area contributed by atoms with Gasteiger partial charge >= 0.3 is 0 Å². The van der Waals surface area contributed by atoms with Gasteiger partial charge in [0, 0.05) is 23.1 Å². The second-order valence-corrected chi connectivity index (χ2v) is 9.68. The number of halogens is 1. The molecule has 3 aliphatic rings. The summed E-state index contributed by atoms with van der Waals surface area (Å²) in [6, 6.07) is 6.27. The fourth-order valence-electron chi connectivity index (χ4n) is 4.38. The number of benzene rings is 1. The Balaban J connectivity index is 1.32. The summed E-state index contributed by atoms with van der Waals surface area (Å²) in [6.45, 7) is 1.94. The SMILES string of the molecule is O=C(Cn1nc(OC2CC2)c2cc(Br)ccc2c1=O)N[C@@H]1CCCN(C2CCC2)C1. The third kappa shape index (κ3) is 4.25. The molecule has 3 fully saturated rings. The van der Waals surface area contributed by atoms with E-state index >= 15 is 0 Å². The van der Waals surface area contributed by atoms with Gasteiger partial charge in [-0.3, -0.25) is 14.5 Å². The van der Waals surface area contributed by atoms with Crippen LogP contribution in [0.4, 0.5) is 0 Å². The van der Waals surface area contributed by atoms with Crippen LogP contribution in [0.2, 0.25) is 0 Å². The highest BCUT2D eigenvalue weighted by atomic mass is 79.9. The van der Waals surface area contributed by atoms with Crippen LogP contribution in [0.25, 0.3) is 10.8 Å². The van der Waals surface area contributed by atoms with Crippen molar-refractivity contribution in [3.8, 4) is 5.88 Å². The molecule has 0 bridgehead atoms. The van der Waals surface area contributed by atoms with Crippen LogP contribution in [-0.4, -0.2) is 51.9 Å². The molecule has 2 aromatic rings. The number of fused-ring (bicyclic) bond motifs is 1. The maximum absolute atomic E-state index is 13.0. The summed E-state index contributed by atoms with van der Waals surface area (Å²) in [4.78, 5) is 28.2. The van der Waals surface area contributed by atoms with Gasteiger partial charge in [0.25, 0.3) is 5.56 Å². The highest BCUT2D eigenvalue weighted by molar-refractivity contribution is 9.10. The van der Waals surface area contributed by atoms with Crippen molar-refractivity contribution in [2.45, 2.75) is 69.7 Å². The van der Waals surface area contributed by atoms with Crippen LogP contribution in [0.1, 0.15) is 44.9 Å². The Morgan fingerprint density at radius 2 is 2.00 bits per heavy atom. The molecule has 1 atom stereocenters. The molecule has 0 unspecified atom stereocenters. The lowest BCUT2D eigenvalue weighted by molar-refractivity contribution is -0.123. The first kappa shape index (κ1) is 20.0. The van der Waals surface area contributed by atoms with Crippen molar-refractivity contribution in [1.82, 2.24) is 20.0 Å². The molecule has 1 aromatic heterocycles. The number of hydrogen-bond donors (Lipinski definition) is 1. The molecule has 1 N–H and O–H groups in total. The zero-order valence-corrected chi connectivity index (χ0v) is 18.6. The Hall–Kier alpha value is -1.93. The summed E-state index contributed by atoms with van der Waals surface area (Å²) in [5.41, 5.74) is -0.268. The Bertz CT molecular complexity index is 1020. The second kappa shape index (κ2) is 8.30. The first-order valence-electron chi connectivity index (χ1n) is 11.0.